The van der Waals surface area contributed by atoms with Crippen LogP contribution in [0.3, 0.4) is 0 Å². The highest BCUT2D eigenvalue weighted by molar-refractivity contribution is 4.54. The third kappa shape index (κ3) is 3.49. The maximum atomic E-state index is 5.12. The van der Waals surface area contributed by atoms with Gasteiger partial charge in [-0.3, -0.25) is 5.32 Å². The zero-order valence-corrected chi connectivity index (χ0v) is 5.73. The van der Waals surface area contributed by atoms with E-state index in [1.807, 2.05) is 0 Å². The van der Waals surface area contributed by atoms with Crippen molar-refractivity contribution in [1.29, 1.82) is 0 Å². The van der Waals surface area contributed by atoms with Gasteiger partial charge >= 0.3 is 0 Å². The first-order chi connectivity index (χ1) is 4.50. The molecule has 0 aromatic carbocycles. The highest BCUT2D eigenvalue weighted by Crippen LogP contribution is 2.01. The summed E-state index contributed by atoms with van der Waals surface area (Å²) < 4.78 is 5.12. The Morgan fingerprint density at radius 2 is 2.00 bits per heavy atom. The smallest absolute Gasteiger partial charge is 0.148 e. The zero-order valence-electron chi connectivity index (χ0n) is 5.73. The molecular formula is C7H14NO. The average Bonchev–Trinajstić information content (AvgIpc) is 2.00. The van der Waals surface area contributed by atoms with Crippen LogP contribution >= 0.6 is 0 Å². The van der Waals surface area contributed by atoms with Gasteiger partial charge in [0.1, 0.15) is 6.73 Å². The van der Waals surface area contributed by atoms with Gasteiger partial charge in [-0.25, -0.2) is 0 Å². The molecule has 0 saturated carbocycles. The second-order valence-electron chi connectivity index (χ2n) is 2.36. The number of ether oxygens (including phenoxy) is 1. The van der Waals surface area contributed by atoms with E-state index in [4.69, 9.17) is 4.74 Å². The molecule has 0 aromatic rings. The van der Waals surface area contributed by atoms with Crippen LogP contribution in [0.1, 0.15) is 25.7 Å². The van der Waals surface area contributed by atoms with Gasteiger partial charge in [-0.2, -0.15) is 0 Å². The van der Waals surface area contributed by atoms with Gasteiger partial charge in [0.25, 0.3) is 0 Å². The van der Waals surface area contributed by atoms with Crippen molar-refractivity contribution in [1.82, 2.24) is 5.32 Å². The number of hydrogen-bond acceptors (Lipinski definition) is 2. The molecule has 0 unspecified atom stereocenters. The van der Waals surface area contributed by atoms with Crippen LogP contribution in [0.2, 0.25) is 0 Å². The SMILES string of the molecule is [CH]1NCCCCCCO1. The molecule has 1 aliphatic rings. The highest BCUT2D eigenvalue weighted by Gasteiger charge is 1.94. The van der Waals surface area contributed by atoms with Crippen LogP contribution in [0.25, 0.3) is 0 Å². The highest BCUT2D eigenvalue weighted by atomic mass is 16.5. The molecule has 2 heteroatoms. The fourth-order valence-electron chi connectivity index (χ4n) is 0.943. The number of nitrogens with one attached hydrogen (secondary N) is 1. The molecule has 1 fully saturated rings. The van der Waals surface area contributed by atoms with Crippen molar-refractivity contribution in [3.63, 3.8) is 0 Å². The van der Waals surface area contributed by atoms with E-state index in [-0.39, 0.29) is 0 Å². The molecule has 1 aliphatic heterocycles. The lowest BCUT2D eigenvalue weighted by molar-refractivity contribution is 0.179. The standard InChI is InChI=1S/C7H14NO/c1-2-4-6-9-7-8-5-3-1/h7-8H,1-6H2. The van der Waals surface area contributed by atoms with E-state index in [9.17, 15) is 0 Å². The van der Waals surface area contributed by atoms with Crippen LogP contribution in [0.4, 0.5) is 0 Å². The van der Waals surface area contributed by atoms with Crippen LogP contribution in [0.15, 0.2) is 0 Å². The van der Waals surface area contributed by atoms with Crippen LogP contribution < -0.4 is 5.32 Å². The first-order valence-corrected chi connectivity index (χ1v) is 3.67. The Hall–Kier alpha value is -0.0800. The lowest BCUT2D eigenvalue weighted by Gasteiger charge is -1.98. The molecule has 1 rings (SSSR count). The van der Waals surface area contributed by atoms with Crippen LogP contribution in [0.5, 0.6) is 0 Å². The maximum Gasteiger partial charge on any atom is 0.148 e. The molecule has 9 heavy (non-hydrogen) atoms. The van der Waals surface area contributed by atoms with E-state index in [2.05, 4.69) is 5.32 Å². The molecule has 1 heterocycles. The zero-order chi connectivity index (χ0) is 6.36. The van der Waals surface area contributed by atoms with Crippen molar-refractivity contribution >= 4 is 0 Å². The van der Waals surface area contributed by atoms with Gasteiger partial charge in [0.05, 0.1) is 0 Å². The molecule has 1 radical (unpaired) electrons. The second-order valence-corrected chi connectivity index (χ2v) is 2.36. The van der Waals surface area contributed by atoms with Crippen LogP contribution in [-0.4, -0.2) is 13.2 Å². The average molecular weight is 128 g/mol. The van der Waals surface area contributed by atoms with E-state index < -0.39 is 0 Å². The van der Waals surface area contributed by atoms with Gasteiger partial charge in [0, 0.05) is 6.61 Å². The lowest BCUT2D eigenvalue weighted by Crippen LogP contribution is -2.12. The summed E-state index contributed by atoms with van der Waals surface area (Å²) in [6.45, 7) is 3.66. The molecular weight excluding hydrogens is 114 g/mol. The van der Waals surface area contributed by atoms with Crippen molar-refractivity contribution in [3.8, 4) is 0 Å². The van der Waals surface area contributed by atoms with E-state index >= 15 is 0 Å². The third-order valence-corrected chi connectivity index (χ3v) is 1.50. The van der Waals surface area contributed by atoms with Gasteiger partial charge in [-0.1, -0.05) is 12.8 Å². The Kier molecular flexibility index (Phi) is 3.72. The van der Waals surface area contributed by atoms with E-state index in [0.717, 1.165) is 13.2 Å². The topological polar surface area (TPSA) is 21.3 Å². The Morgan fingerprint density at radius 3 is 3.00 bits per heavy atom. The van der Waals surface area contributed by atoms with Gasteiger partial charge < -0.3 is 4.74 Å². The summed E-state index contributed by atoms with van der Waals surface area (Å²) >= 11 is 0. The summed E-state index contributed by atoms with van der Waals surface area (Å²) in [6, 6.07) is 0. The number of hydrogen-bond donors (Lipinski definition) is 1. The molecule has 0 amide bonds. The van der Waals surface area contributed by atoms with Gasteiger partial charge in [0.15, 0.2) is 0 Å². The summed E-state index contributed by atoms with van der Waals surface area (Å²) in [5, 5.41) is 3.08. The van der Waals surface area contributed by atoms with Crippen molar-refractivity contribution in [3.05, 3.63) is 6.73 Å². The fraction of sp³-hybridized carbons (Fsp3) is 0.857. The van der Waals surface area contributed by atoms with Crippen LogP contribution in [0, 0.1) is 6.73 Å². The Morgan fingerprint density at radius 1 is 1.11 bits per heavy atom. The van der Waals surface area contributed by atoms with Gasteiger partial charge in [-0.15, -0.1) is 0 Å². The Bertz CT molecular complexity index is 37.4. The monoisotopic (exact) mass is 128 g/mol. The predicted molar refractivity (Wildman–Crippen MR) is 36.7 cm³/mol. The minimum Gasteiger partial charge on any atom is -0.359 e. The van der Waals surface area contributed by atoms with Crippen molar-refractivity contribution in [2.45, 2.75) is 25.7 Å². The molecule has 1 saturated heterocycles. The largest absolute Gasteiger partial charge is 0.359 e. The van der Waals surface area contributed by atoms with Crippen LogP contribution in [-0.2, 0) is 4.74 Å². The molecule has 0 aliphatic carbocycles. The van der Waals surface area contributed by atoms with Crippen molar-refractivity contribution < 1.29 is 4.74 Å². The quantitative estimate of drug-likeness (QED) is 0.530. The summed E-state index contributed by atoms with van der Waals surface area (Å²) in [5.74, 6) is 0. The molecule has 2 nitrogen and oxygen atoms in total. The summed E-state index contributed by atoms with van der Waals surface area (Å²) in [5.41, 5.74) is 0. The van der Waals surface area contributed by atoms with Gasteiger partial charge in [0.2, 0.25) is 0 Å². The number of rotatable bonds is 0. The first-order valence-electron chi connectivity index (χ1n) is 3.67. The van der Waals surface area contributed by atoms with Gasteiger partial charge in [-0.05, 0) is 19.4 Å². The lowest BCUT2D eigenvalue weighted by atomic mass is 10.2. The molecule has 0 aromatic heterocycles. The third-order valence-electron chi connectivity index (χ3n) is 1.50. The Balaban J connectivity index is 2.02. The van der Waals surface area contributed by atoms with Crippen molar-refractivity contribution in [2.24, 2.45) is 0 Å². The van der Waals surface area contributed by atoms with E-state index in [0.29, 0.717) is 0 Å². The fourth-order valence-corrected chi connectivity index (χ4v) is 0.943. The summed E-state index contributed by atoms with van der Waals surface area (Å²) in [6.07, 6.45) is 5.14. The van der Waals surface area contributed by atoms with Crippen molar-refractivity contribution in [2.75, 3.05) is 13.2 Å². The molecule has 1 N–H and O–H groups in total. The molecule has 0 bridgehead atoms. The summed E-state index contributed by atoms with van der Waals surface area (Å²) in [4.78, 5) is 0. The molecule has 53 valence electrons. The second kappa shape index (κ2) is 4.77. The molecule has 0 atom stereocenters. The Labute approximate surface area is 56.6 Å². The minimum atomic E-state index is 0.882. The minimum absolute atomic E-state index is 0.882. The van der Waals surface area contributed by atoms with E-state index in [1.165, 1.54) is 25.7 Å². The normalized spacial score (nSPS) is 24.0. The van der Waals surface area contributed by atoms with E-state index in [1.54, 1.807) is 6.73 Å². The predicted octanol–water partition coefficient (Wildman–Crippen LogP) is 1.29. The first kappa shape index (κ1) is 7.03. The molecule has 0 spiro atoms. The maximum absolute atomic E-state index is 5.12. The summed E-state index contributed by atoms with van der Waals surface area (Å²) in [7, 11) is 0.